The second-order valence-corrected chi connectivity index (χ2v) is 8.95. The number of sulfone groups is 2. The molecule has 0 aromatic rings. The molecule has 2 atom stereocenters. The van der Waals surface area contributed by atoms with Gasteiger partial charge < -0.3 is 0 Å². The van der Waals surface area contributed by atoms with Crippen LogP contribution >= 0.6 is 0 Å². The Bertz CT molecular complexity index is 412. The minimum absolute atomic E-state index is 0.0895. The van der Waals surface area contributed by atoms with Crippen molar-refractivity contribution in [2.24, 2.45) is 0 Å². The summed E-state index contributed by atoms with van der Waals surface area (Å²) in [7, 11) is -5.77. The molecule has 2 fully saturated rings. The molecule has 8 heteroatoms. The highest BCUT2D eigenvalue weighted by atomic mass is 32.2. The maximum atomic E-state index is 11.2. The van der Waals surface area contributed by atoms with Crippen LogP contribution in [-0.4, -0.2) is 51.9 Å². The van der Waals surface area contributed by atoms with Gasteiger partial charge in [0.15, 0.2) is 19.7 Å². The van der Waals surface area contributed by atoms with Crippen molar-refractivity contribution >= 4 is 19.7 Å². The molecule has 16 heavy (non-hydrogen) atoms. The molecule has 0 aromatic heterocycles. The lowest BCUT2D eigenvalue weighted by Crippen LogP contribution is -2.47. The average Bonchev–Trinajstić information content (AvgIpc) is 2.66. The van der Waals surface area contributed by atoms with Crippen LogP contribution in [-0.2, 0) is 19.7 Å². The van der Waals surface area contributed by atoms with Gasteiger partial charge in [-0.15, -0.1) is 0 Å². The molecule has 0 bridgehead atoms. The monoisotopic (exact) mass is 268 g/mol. The van der Waals surface area contributed by atoms with Crippen LogP contribution in [0.3, 0.4) is 0 Å². The van der Waals surface area contributed by atoms with Crippen molar-refractivity contribution in [3.8, 4) is 0 Å². The van der Waals surface area contributed by atoms with E-state index in [9.17, 15) is 16.8 Å². The van der Waals surface area contributed by atoms with Crippen molar-refractivity contribution in [1.29, 1.82) is 0 Å². The largest absolute Gasteiger partial charge is 0.253 e. The number of nitrogens with one attached hydrogen (secondary N) is 2. The SMILES string of the molecule is O=S1(=O)CC[C@@H](NN[C@H]2CCS(=O)(=O)C2)C1. The highest BCUT2D eigenvalue weighted by Crippen LogP contribution is 2.13. The highest BCUT2D eigenvalue weighted by Gasteiger charge is 2.31. The quantitative estimate of drug-likeness (QED) is 0.602. The Balaban J connectivity index is 1.77. The van der Waals surface area contributed by atoms with Crippen molar-refractivity contribution in [1.82, 2.24) is 10.9 Å². The lowest BCUT2D eigenvalue weighted by molar-refractivity contribution is 0.403. The molecule has 0 aliphatic carbocycles. The van der Waals surface area contributed by atoms with Gasteiger partial charge in [-0.3, -0.25) is 10.9 Å². The second kappa shape index (κ2) is 4.25. The maximum Gasteiger partial charge on any atom is 0.151 e. The Morgan fingerprint density at radius 2 is 1.12 bits per heavy atom. The van der Waals surface area contributed by atoms with Crippen molar-refractivity contribution in [3.63, 3.8) is 0 Å². The Hall–Kier alpha value is -0.180. The van der Waals surface area contributed by atoms with Crippen LogP contribution in [0.25, 0.3) is 0 Å². The molecule has 2 saturated heterocycles. The molecule has 0 spiro atoms. The fraction of sp³-hybridized carbons (Fsp3) is 1.00. The van der Waals surface area contributed by atoms with Crippen LogP contribution in [0.15, 0.2) is 0 Å². The third kappa shape index (κ3) is 3.16. The first-order valence-corrected chi connectivity index (χ1v) is 8.92. The zero-order valence-corrected chi connectivity index (χ0v) is 10.5. The van der Waals surface area contributed by atoms with Crippen LogP contribution < -0.4 is 10.9 Å². The molecule has 94 valence electrons. The van der Waals surface area contributed by atoms with Gasteiger partial charge in [0.05, 0.1) is 23.0 Å². The summed E-state index contributed by atoms with van der Waals surface area (Å²) in [4.78, 5) is 0. The van der Waals surface area contributed by atoms with Gasteiger partial charge in [-0.1, -0.05) is 0 Å². The predicted molar refractivity (Wildman–Crippen MR) is 60.4 cm³/mol. The molecule has 2 N–H and O–H groups in total. The molecule has 0 saturated carbocycles. The van der Waals surface area contributed by atoms with E-state index in [-0.39, 0.29) is 35.1 Å². The lowest BCUT2D eigenvalue weighted by atomic mass is 10.2. The second-order valence-electron chi connectivity index (χ2n) is 4.49. The maximum absolute atomic E-state index is 11.2. The van der Waals surface area contributed by atoms with E-state index in [4.69, 9.17) is 0 Å². The summed E-state index contributed by atoms with van der Waals surface area (Å²) in [6.07, 6.45) is 1.18. The van der Waals surface area contributed by atoms with Gasteiger partial charge in [0, 0.05) is 12.1 Å². The van der Waals surface area contributed by atoms with E-state index in [0.717, 1.165) is 0 Å². The lowest BCUT2D eigenvalue weighted by Gasteiger charge is -2.16. The molecule has 2 aliphatic rings. The number of rotatable bonds is 3. The van der Waals surface area contributed by atoms with Crippen LogP contribution in [0.1, 0.15) is 12.8 Å². The first-order chi connectivity index (χ1) is 7.36. The predicted octanol–water partition coefficient (Wildman–Crippen LogP) is -1.55. The third-order valence-corrected chi connectivity index (χ3v) is 6.49. The Morgan fingerprint density at radius 3 is 1.38 bits per heavy atom. The van der Waals surface area contributed by atoms with E-state index in [1.807, 2.05) is 0 Å². The van der Waals surface area contributed by atoms with E-state index in [1.54, 1.807) is 0 Å². The van der Waals surface area contributed by atoms with Gasteiger partial charge in [-0.2, -0.15) is 0 Å². The van der Waals surface area contributed by atoms with E-state index >= 15 is 0 Å². The molecule has 0 unspecified atom stereocenters. The highest BCUT2D eigenvalue weighted by molar-refractivity contribution is 7.91. The summed E-state index contributed by atoms with van der Waals surface area (Å²) in [5.74, 6) is 0.712. The normalized spacial score (nSPS) is 36.5. The zero-order chi connectivity index (χ0) is 11.8. The van der Waals surface area contributed by atoms with Crippen molar-refractivity contribution in [2.45, 2.75) is 24.9 Å². The Kier molecular flexibility index (Phi) is 3.26. The minimum Gasteiger partial charge on any atom is -0.253 e. The van der Waals surface area contributed by atoms with Crippen LogP contribution in [0.4, 0.5) is 0 Å². The van der Waals surface area contributed by atoms with Crippen molar-refractivity contribution in [3.05, 3.63) is 0 Å². The summed E-state index contributed by atoms with van der Waals surface area (Å²) < 4.78 is 44.7. The first-order valence-electron chi connectivity index (χ1n) is 5.28. The summed E-state index contributed by atoms with van der Waals surface area (Å²) in [6, 6.07) is -0.179. The van der Waals surface area contributed by atoms with Crippen LogP contribution in [0.5, 0.6) is 0 Å². The summed E-state index contributed by atoms with van der Waals surface area (Å²) in [5, 5.41) is 0. The zero-order valence-electron chi connectivity index (χ0n) is 8.85. The molecule has 0 radical (unpaired) electrons. The van der Waals surface area contributed by atoms with E-state index in [1.165, 1.54) is 0 Å². The smallest absolute Gasteiger partial charge is 0.151 e. The number of hydrogen-bond acceptors (Lipinski definition) is 6. The van der Waals surface area contributed by atoms with Gasteiger partial charge in [0.1, 0.15) is 0 Å². The van der Waals surface area contributed by atoms with Gasteiger partial charge in [-0.05, 0) is 12.8 Å². The van der Waals surface area contributed by atoms with Crippen LogP contribution in [0, 0.1) is 0 Å². The standard InChI is InChI=1S/C8H16N2O4S2/c11-15(12)3-1-7(5-15)9-10-8-2-4-16(13,14)6-8/h7-10H,1-6H2/t7-,8+. The third-order valence-electron chi connectivity index (χ3n) is 2.96. The molecule has 0 aromatic carbocycles. The van der Waals surface area contributed by atoms with Gasteiger partial charge in [0.2, 0.25) is 0 Å². The molecule has 2 heterocycles. The molecular formula is C8H16N2O4S2. The average molecular weight is 268 g/mol. The van der Waals surface area contributed by atoms with E-state index < -0.39 is 19.7 Å². The fourth-order valence-electron chi connectivity index (χ4n) is 2.05. The van der Waals surface area contributed by atoms with Crippen LogP contribution in [0.2, 0.25) is 0 Å². The van der Waals surface area contributed by atoms with Crippen molar-refractivity contribution in [2.75, 3.05) is 23.0 Å². The van der Waals surface area contributed by atoms with E-state index in [0.29, 0.717) is 12.8 Å². The van der Waals surface area contributed by atoms with E-state index in [2.05, 4.69) is 10.9 Å². The topological polar surface area (TPSA) is 92.3 Å². The molecule has 2 rings (SSSR count). The number of hydrogen-bond donors (Lipinski definition) is 2. The minimum atomic E-state index is -2.88. The van der Waals surface area contributed by atoms with Gasteiger partial charge in [-0.25, -0.2) is 16.8 Å². The van der Waals surface area contributed by atoms with Gasteiger partial charge in [0.25, 0.3) is 0 Å². The summed E-state index contributed by atoms with van der Waals surface area (Å²) in [6.45, 7) is 0. The molecule has 0 amide bonds. The molecular weight excluding hydrogens is 252 g/mol. The summed E-state index contributed by atoms with van der Waals surface area (Å²) in [5.41, 5.74) is 5.85. The molecule has 2 aliphatic heterocycles. The number of hydrazine groups is 1. The Morgan fingerprint density at radius 1 is 0.750 bits per heavy atom. The molecule has 6 nitrogen and oxygen atoms in total. The van der Waals surface area contributed by atoms with Gasteiger partial charge >= 0.3 is 0 Å². The Labute approximate surface area is 95.6 Å². The fourth-order valence-corrected chi connectivity index (χ4v) is 5.40. The summed E-state index contributed by atoms with van der Waals surface area (Å²) >= 11 is 0. The first kappa shape index (κ1) is 12.3. The van der Waals surface area contributed by atoms with Crippen molar-refractivity contribution < 1.29 is 16.8 Å².